The highest BCUT2D eigenvalue weighted by Gasteiger charge is 2.38. The molecule has 3 rings (SSSR count). The molecule has 1 fully saturated rings. The number of nitrogens with one attached hydrogen (secondary N) is 1. The number of carbonyl (C=O) groups is 1. The molecule has 0 radical (unpaired) electrons. The lowest BCUT2D eigenvalue weighted by atomic mass is 10.1. The molecule has 0 unspecified atom stereocenters. The number of halogens is 4. The molecule has 2 aromatic rings. The lowest BCUT2D eigenvalue weighted by Gasteiger charge is -2.30. The van der Waals surface area contributed by atoms with Gasteiger partial charge in [-0.1, -0.05) is 0 Å². The summed E-state index contributed by atoms with van der Waals surface area (Å²) in [4.78, 5) is 14.6. The normalized spacial score (nSPS) is 15.8. The molecule has 5 nitrogen and oxygen atoms in total. The fourth-order valence-corrected chi connectivity index (χ4v) is 2.77. The van der Waals surface area contributed by atoms with Crippen molar-refractivity contribution in [3.8, 4) is 0 Å². The number of benzene rings is 1. The van der Waals surface area contributed by atoms with Gasteiger partial charge in [0.25, 0.3) is 0 Å². The maximum atomic E-state index is 13.2. The summed E-state index contributed by atoms with van der Waals surface area (Å²) in [5, 5.41) is 8.07. The number of aliphatic carboxylic acids is 1. The number of ether oxygens (including phenoxy) is 1. The monoisotopic (exact) mass is 376 g/mol. The molecule has 0 atom stereocenters. The number of hydrogen-bond acceptors (Lipinski definition) is 3. The van der Waals surface area contributed by atoms with Crippen LogP contribution in [0.2, 0.25) is 0 Å². The van der Waals surface area contributed by atoms with E-state index in [1.165, 1.54) is 6.07 Å². The summed E-state index contributed by atoms with van der Waals surface area (Å²) >= 11 is 0. The average molecular weight is 376 g/mol. The molecule has 0 saturated carbocycles. The molecule has 1 aliphatic heterocycles. The molecular weight excluding hydrogens is 356 g/mol. The van der Waals surface area contributed by atoms with E-state index in [9.17, 15) is 17.6 Å². The molecule has 9 heteroatoms. The van der Waals surface area contributed by atoms with Gasteiger partial charge >= 0.3 is 12.1 Å². The van der Waals surface area contributed by atoms with Crippen LogP contribution in [-0.2, 0) is 16.1 Å². The number of aromatic nitrogens is 1. The minimum absolute atomic E-state index is 0.184. The van der Waals surface area contributed by atoms with Gasteiger partial charge in [0, 0.05) is 42.4 Å². The van der Waals surface area contributed by atoms with Gasteiger partial charge in [-0.05, 0) is 44.2 Å². The second-order valence-corrected chi connectivity index (χ2v) is 6.09. The number of H-pyrrole nitrogens is 1. The standard InChI is InChI=1S/C15H19FN2O.C2HF3O2/c1-18(14-4-6-19-7-5-14)10-13-9-11-8-12(16)2-3-15(11)17-13;3-2(4,5)1(6)7/h2-3,8-9,14,17H,4-7,10H2,1H3;(H,6,7). The van der Waals surface area contributed by atoms with E-state index in [1.54, 1.807) is 12.1 Å². The van der Waals surface area contributed by atoms with Crippen molar-refractivity contribution in [2.45, 2.75) is 31.6 Å². The maximum absolute atomic E-state index is 13.2. The Labute approximate surface area is 147 Å². The van der Waals surface area contributed by atoms with E-state index in [1.807, 2.05) is 6.07 Å². The van der Waals surface area contributed by atoms with Gasteiger partial charge in [-0.25, -0.2) is 9.18 Å². The number of fused-ring (bicyclic) bond motifs is 1. The van der Waals surface area contributed by atoms with Crippen LogP contribution in [0.3, 0.4) is 0 Å². The molecule has 144 valence electrons. The van der Waals surface area contributed by atoms with Crippen LogP contribution in [0.4, 0.5) is 17.6 Å². The molecule has 1 aliphatic rings. The van der Waals surface area contributed by atoms with Crippen LogP contribution in [0.1, 0.15) is 18.5 Å². The number of carboxylic acids is 1. The van der Waals surface area contributed by atoms with Crippen molar-refractivity contribution in [2.75, 3.05) is 20.3 Å². The van der Waals surface area contributed by atoms with Gasteiger partial charge in [-0.2, -0.15) is 13.2 Å². The summed E-state index contributed by atoms with van der Waals surface area (Å²) in [6, 6.07) is 7.47. The van der Waals surface area contributed by atoms with E-state index in [0.717, 1.165) is 49.2 Å². The first-order valence-electron chi connectivity index (χ1n) is 8.02. The topological polar surface area (TPSA) is 65.6 Å². The number of rotatable bonds is 3. The molecule has 0 amide bonds. The zero-order chi connectivity index (χ0) is 19.3. The fraction of sp³-hybridized carbons (Fsp3) is 0.471. The van der Waals surface area contributed by atoms with Crippen molar-refractivity contribution in [1.82, 2.24) is 9.88 Å². The molecule has 26 heavy (non-hydrogen) atoms. The van der Waals surface area contributed by atoms with Crippen LogP contribution < -0.4 is 0 Å². The molecule has 0 bridgehead atoms. The van der Waals surface area contributed by atoms with Crippen molar-refractivity contribution in [2.24, 2.45) is 0 Å². The van der Waals surface area contributed by atoms with Crippen molar-refractivity contribution < 1.29 is 32.2 Å². The summed E-state index contributed by atoms with van der Waals surface area (Å²) in [5.74, 6) is -2.94. The van der Waals surface area contributed by atoms with Crippen LogP contribution >= 0.6 is 0 Å². The smallest absolute Gasteiger partial charge is 0.475 e. The number of alkyl halides is 3. The Morgan fingerprint density at radius 3 is 2.50 bits per heavy atom. The minimum atomic E-state index is -5.08. The molecule has 0 aliphatic carbocycles. The number of aromatic amines is 1. The lowest BCUT2D eigenvalue weighted by Crippen LogP contribution is -2.36. The van der Waals surface area contributed by atoms with E-state index < -0.39 is 12.1 Å². The summed E-state index contributed by atoms with van der Waals surface area (Å²) in [6.45, 7) is 2.57. The predicted octanol–water partition coefficient (Wildman–Crippen LogP) is 3.55. The molecule has 2 N–H and O–H groups in total. The first kappa shape index (κ1) is 20.2. The van der Waals surface area contributed by atoms with E-state index in [0.29, 0.717) is 6.04 Å². The predicted molar refractivity (Wildman–Crippen MR) is 87.3 cm³/mol. The first-order chi connectivity index (χ1) is 12.2. The third-order valence-corrected chi connectivity index (χ3v) is 4.11. The van der Waals surface area contributed by atoms with Crippen LogP contribution in [0.5, 0.6) is 0 Å². The number of hydrogen-bond donors (Lipinski definition) is 2. The van der Waals surface area contributed by atoms with Gasteiger partial charge in [-0.15, -0.1) is 0 Å². The highest BCUT2D eigenvalue weighted by Crippen LogP contribution is 2.20. The maximum Gasteiger partial charge on any atom is 0.490 e. The van der Waals surface area contributed by atoms with Crippen LogP contribution in [0.25, 0.3) is 10.9 Å². The molecule has 0 spiro atoms. The third-order valence-electron chi connectivity index (χ3n) is 4.11. The first-order valence-corrected chi connectivity index (χ1v) is 8.02. The second-order valence-electron chi connectivity index (χ2n) is 6.09. The molecular formula is C17H20F4N2O3. The van der Waals surface area contributed by atoms with Crippen molar-refractivity contribution >= 4 is 16.9 Å². The SMILES string of the molecule is CN(Cc1cc2cc(F)ccc2[nH]1)C1CCOCC1.O=C(O)C(F)(F)F. The van der Waals surface area contributed by atoms with Crippen LogP contribution in [-0.4, -0.2) is 53.4 Å². The Kier molecular flexibility index (Phi) is 6.60. The van der Waals surface area contributed by atoms with Gasteiger partial charge in [0.05, 0.1) is 0 Å². The Hall–Kier alpha value is -2.13. The van der Waals surface area contributed by atoms with Gasteiger partial charge < -0.3 is 14.8 Å². The van der Waals surface area contributed by atoms with E-state index in [4.69, 9.17) is 14.6 Å². The summed E-state index contributed by atoms with van der Waals surface area (Å²) in [7, 11) is 2.14. The quantitative estimate of drug-likeness (QED) is 0.804. The highest BCUT2D eigenvalue weighted by molar-refractivity contribution is 5.80. The summed E-state index contributed by atoms with van der Waals surface area (Å²) in [6.07, 6.45) is -2.91. The Morgan fingerprint density at radius 2 is 1.92 bits per heavy atom. The van der Waals surface area contributed by atoms with Crippen LogP contribution in [0.15, 0.2) is 24.3 Å². The van der Waals surface area contributed by atoms with Crippen molar-refractivity contribution in [1.29, 1.82) is 0 Å². The molecule has 1 aromatic carbocycles. The average Bonchev–Trinajstić information content (AvgIpc) is 2.96. The van der Waals surface area contributed by atoms with Crippen molar-refractivity contribution in [3.63, 3.8) is 0 Å². The number of nitrogens with zero attached hydrogens (tertiary/aromatic N) is 1. The van der Waals surface area contributed by atoms with E-state index in [2.05, 4.69) is 16.9 Å². The Balaban J connectivity index is 0.000000298. The van der Waals surface area contributed by atoms with Gasteiger partial charge in [-0.3, -0.25) is 4.90 Å². The van der Waals surface area contributed by atoms with E-state index >= 15 is 0 Å². The minimum Gasteiger partial charge on any atom is -0.475 e. The lowest BCUT2D eigenvalue weighted by molar-refractivity contribution is -0.192. The molecule has 1 saturated heterocycles. The second kappa shape index (κ2) is 8.50. The van der Waals surface area contributed by atoms with Gasteiger partial charge in [0.1, 0.15) is 5.82 Å². The Bertz CT molecular complexity index is 739. The zero-order valence-corrected chi connectivity index (χ0v) is 14.1. The third kappa shape index (κ3) is 5.70. The zero-order valence-electron chi connectivity index (χ0n) is 14.1. The largest absolute Gasteiger partial charge is 0.490 e. The molecule has 2 heterocycles. The molecule has 1 aromatic heterocycles. The van der Waals surface area contributed by atoms with Crippen molar-refractivity contribution in [3.05, 3.63) is 35.8 Å². The van der Waals surface area contributed by atoms with Gasteiger partial charge in [0.2, 0.25) is 0 Å². The number of carboxylic acid groups (broad SMARTS) is 1. The fourth-order valence-electron chi connectivity index (χ4n) is 2.77. The van der Waals surface area contributed by atoms with Crippen LogP contribution in [0, 0.1) is 5.82 Å². The highest BCUT2D eigenvalue weighted by atomic mass is 19.4. The summed E-state index contributed by atoms with van der Waals surface area (Å²) in [5.41, 5.74) is 2.13. The van der Waals surface area contributed by atoms with E-state index in [-0.39, 0.29) is 5.82 Å². The Morgan fingerprint density at radius 1 is 1.31 bits per heavy atom. The summed E-state index contributed by atoms with van der Waals surface area (Å²) < 4.78 is 50.3. The van der Waals surface area contributed by atoms with Gasteiger partial charge in [0.15, 0.2) is 0 Å².